The van der Waals surface area contributed by atoms with Crippen molar-refractivity contribution in [2.45, 2.75) is 76.4 Å². The molecule has 1 saturated heterocycles. The van der Waals surface area contributed by atoms with Gasteiger partial charge in [0.1, 0.15) is 11.9 Å². The molecule has 0 aromatic heterocycles. The summed E-state index contributed by atoms with van der Waals surface area (Å²) in [4.78, 5) is 0. The van der Waals surface area contributed by atoms with Crippen molar-refractivity contribution in [1.29, 1.82) is 0 Å². The Labute approximate surface area is 128 Å². The van der Waals surface area contributed by atoms with Crippen molar-refractivity contribution in [3.8, 4) is 5.75 Å². The standard InChI is InChI=1S/C19H28O2/c1-15(2)17-8-4-5-9-18(17)21-16-10-13-20-19(14-16)11-6-3-7-12-19/h4-5,8-9,15-16H,3,6-7,10-14H2,1-2H3. The summed E-state index contributed by atoms with van der Waals surface area (Å²) in [6, 6.07) is 8.50. The van der Waals surface area contributed by atoms with Gasteiger partial charge in [0.2, 0.25) is 0 Å². The lowest BCUT2D eigenvalue weighted by Crippen LogP contribution is -2.45. The molecule has 1 atom stereocenters. The molecule has 2 aliphatic rings. The van der Waals surface area contributed by atoms with Crippen LogP contribution in [0, 0.1) is 0 Å². The summed E-state index contributed by atoms with van der Waals surface area (Å²) in [6.07, 6.45) is 8.85. The zero-order valence-electron chi connectivity index (χ0n) is 13.4. The molecule has 1 aliphatic heterocycles. The zero-order chi connectivity index (χ0) is 14.7. The summed E-state index contributed by atoms with van der Waals surface area (Å²) in [7, 11) is 0. The number of benzene rings is 1. The van der Waals surface area contributed by atoms with Crippen LogP contribution in [0.2, 0.25) is 0 Å². The molecule has 3 rings (SSSR count). The number of ether oxygens (including phenoxy) is 2. The average molecular weight is 288 g/mol. The maximum absolute atomic E-state index is 6.40. The SMILES string of the molecule is CC(C)c1ccccc1OC1CCOC2(CCCCC2)C1. The fourth-order valence-electron chi connectivity index (χ4n) is 3.87. The van der Waals surface area contributed by atoms with E-state index in [2.05, 4.69) is 38.1 Å². The third-order valence-electron chi connectivity index (χ3n) is 5.05. The number of hydrogen-bond donors (Lipinski definition) is 0. The summed E-state index contributed by atoms with van der Waals surface area (Å²) in [5.41, 5.74) is 1.44. The molecule has 116 valence electrons. The number of rotatable bonds is 3. The summed E-state index contributed by atoms with van der Waals surface area (Å²) in [5, 5.41) is 0. The fourth-order valence-corrected chi connectivity index (χ4v) is 3.87. The number of para-hydroxylation sites is 1. The Morgan fingerprint density at radius 2 is 1.90 bits per heavy atom. The Hall–Kier alpha value is -1.02. The smallest absolute Gasteiger partial charge is 0.123 e. The van der Waals surface area contributed by atoms with Gasteiger partial charge in [-0.1, -0.05) is 51.3 Å². The lowest BCUT2D eigenvalue weighted by Gasteiger charge is -2.43. The highest BCUT2D eigenvalue weighted by Crippen LogP contribution is 2.40. The maximum atomic E-state index is 6.40. The van der Waals surface area contributed by atoms with Crippen LogP contribution in [0.1, 0.15) is 70.3 Å². The third kappa shape index (κ3) is 3.42. The van der Waals surface area contributed by atoms with E-state index in [0.717, 1.165) is 25.2 Å². The number of hydrogen-bond acceptors (Lipinski definition) is 2. The Kier molecular flexibility index (Phi) is 4.54. The van der Waals surface area contributed by atoms with Gasteiger partial charge in [0.15, 0.2) is 0 Å². The topological polar surface area (TPSA) is 18.5 Å². The monoisotopic (exact) mass is 288 g/mol. The molecule has 2 nitrogen and oxygen atoms in total. The van der Waals surface area contributed by atoms with Gasteiger partial charge < -0.3 is 9.47 Å². The van der Waals surface area contributed by atoms with Crippen molar-refractivity contribution in [3.05, 3.63) is 29.8 Å². The van der Waals surface area contributed by atoms with Crippen molar-refractivity contribution in [2.75, 3.05) is 6.61 Å². The van der Waals surface area contributed by atoms with Crippen LogP contribution in [0.25, 0.3) is 0 Å². The van der Waals surface area contributed by atoms with Crippen molar-refractivity contribution in [3.63, 3.8) is 0 Å². The Balaban J connectivity index is 1.70. The van der Waals surface area contributed by atoms with E-state index < -0.39 is 0 Å². The molecule has 0 N–H and O–H groups in total. The predicted octanol–water partition coefficient (Wildman–Crippen LogP) is 5.07. The van der Waals surface area contributed by atoms with E-state index in [-0.39, 0.29) is 5.60 Å². The maximum Gasteiger partial charge on any atom is 0.123 e. The highest BCUT2D eigenvalue weighted by Gasteiger charge is 2.39. The molecule has 0 radical (unpaired) electrons. The molecule has 0 amide bonds. The molecule has 21 heavy (non-hydrogen) atoms. The van der Waals surface area contributed by atoms with E-state index in [0.29, 0.717) is 12.0 Å². The van der Waals surface area contributed by atoms with Crippen LogP contribution in [0.3, 0.4) is 0 Å². The second kappa shape index (κ2) is 6.39. The highest BCUT2D eigenvalue weighted by atomic mass is 16.5. The zero-order valence-corrected chi connectivity index (χ0v) is 13.4. The summed E-state index contributed by atoms with van der Waals surface area (Å²) >= 11 is 0. The van der Waals surface area contributed by atoms with Gasteiger partial charge in [-0.25, -0.2) is 0 Å². The molecule has 1 aliphatic carbocycles. The van der Waals surface area contributed by atoms with E-state index >= 15 is 0 Å². The molecule has 1 aromatic rings. The minimum absolute atomic E-state index is 0.119. The quantitative estimate of drug-likeness (QED) is 0.773. The van der Waals surface area contributed by atoms with Crippen molar-refractivity contribution in [1.82, 2.24) is 0 Å². The molecule has 1 saturated carbocycles. The lowest BCUT2D eigenvalue weighted by molar-refractivity contribution is -0.129. The molecule has 1 aromatic carbocycles. The highest BCUT2D eigenvalue weighted by molar-refractivity contribution is 5.35. The van der Waals surface area contributed by atoms with Crippen molar-refractivity contribution >= 4 is 0 Å². The van der Waals surface area contributed by atoms with Crippen molar-refractivity contribution in [2.24, 2.45) is 0 Å². The second-order valence-corrected chi connectivity index (χ2v) is 7.02. The van der Waals surface area contributed by atoms with Gasteiger partial charge in [0.05, 0.1) is 12.2 Å². The van der Waals surface area contributed by atoms with Crippen LogP contribution in [-0.4, -0.2) is 18.3 Å². The van der Waals surface area contributed by atoms with E-state index in [1.165, 1.54) is 37.7 Å². The normalized spacial score (nSPS) is 25.2. The first-order chi connectivity index (χ1) is 10.2. The minimum Gasteiger partial charge on any atom is -0.490 e. The Bertz CT molecular complexity index is 455. The lowest BCUT2D eigenvalue weighted by atomic mass is 9.79. The first kappa shape index (κ1) is 14.9. The van der Waals surface area contributed by atoms with E-state index in [4.69, 9.17) is 9.47 Å². The molecule has 0 bridgehead atoms. The molecule has 1 unspecified atom stereocenters. The minimum atomic E-state index is 0.119. The van der Waals surface area contributed by atoms with Gasteiger partial charge in [0.25, 0.3) is 0 Å². The van der Waals surface area contributed by atoms with E-state index in [1.54, 1.807) is 0 Å². The summed E-state index contributed by atoms with van der Waals surface area (Å²) < 4.78 is 12.6. The van der Waals surface area contributed by atoms with Crippen LogP contribution in [0.5, 0.6) is 5.75 Å². The molecule has 1 heterocycles. The molecule has 2 heteroatoms. The Morgan fingerprint density at radius 1 is 1.14 bits per heavy atom. The van der Waals surface area contributed by atoms with Gasteiger partial charge in [-0.3, -0.25) is 0 Å². The first-order valence-corrected chi connectivity index (χ1v) is 8.58. The van der Waals surface area contributed by atoms with Crippen LogP contribution >= 0.6 is 0 Å². The van der Waals surface area contributed by atoms with E-state index in [9.17, 15) is 0 Å². The average Bonchev–Trinajstić information content (AvgIpc) is 2.48. The first-order valence-electron chi connectivity index (χ1n) is 8.58. The van der Waals surface area contributed by atoms with Gasteiger partial charge in [-0.2, -0.15) is 0 Å². The predicted molar refractivity (Wildman–Crippen MR) is 85.9 cm³/mol. The second-order valence-electron chi connectivity index (χ2n) is 7.02. The van der Waals surface area contributed by atoms with Gasteiger partial charge in [-0.05, 0) is 30.4 Å². The van der Waals surface area contributed by atoms with Crippen LogP contribution in [0.4, 0.5) is 0 Å². The largest absolute Gasteiger partial charge is 0.490 e. The van der Waals surface area contributed by atoms with E-state index in [1.807, 2.05) is 0 Å². The summed E-state index contributed by atoms with van der Waals surface area (Å²) in [6.45, 7) is 5.32. The third-order valence-corrected chi connectivity index (χ3v) is 5.05. The molecule has 2 fully saturated rings. The summed E-state index contributed by atoms with van der Waals surface area (Å²) in [5.74, 6) is 1.58. The van der Waals surface area contributed by atoms with Crippen molar-refractivity contribution < 1.29 is 9.47 Å². The fraction of sp³-hybridized carbons (Fsp3) is 0.684. The molecular formula is C19H28O2. The van der Waals surface area contributed by atoms with Gasteiger partial charge >= 0.3 is 0 Å². The van der Waals surface area contributed by atoms with Gasteiger partial charge in [0, 0.05) is 12.8 Å². The van der Waals surface area contributed by atoms with Crippen LogP contribution in [0.15, 0.2) is 24.3 Å². The Morgan fingerprint density at radius 3 is 2.67 bits per heavy atom. The molecule has 1 spiro atoms. The molecular weight excluding hydrogens is 260 g/mol. The van der Waals surface area contributed by atoms with Crippen LogP contribution < -0.4 is 4.74 Å². The van der Waals surface area contributed by atoms with Crippen LogP contribution in [-0.2, 0) is 4.74 Å². The van der Waals surface area contributed by atoms with Gasteiger partial charge in [-0.15, -0.1) is 0 Å².